The first-order chi connectivity index (χ1) is 6.15. The maximum atomic E-state index is 10.6. The molecule has 3 unspecified atom stereocenters. The van der Waals surface area contributed by atoms with E-state index in [9.17, 15) is 9.59 Å². The van der Waals surface area contributed by atoms with Crippen LogP contribution in [0.15, 0.2) is 0 Å². The van der Waals surface area contributed by atoms with Gasteiger partial charge in [-0.1, -0.05) is 13.8 Å². The highest BCUT2D eigenvalue weighted by molar-refractivity contribution is 5.64. The topological polar surface area (TPSA) is 43.4 Å². The van der Waals surface area contributed by atoms with E-state index in [1.807, 2.05) is 6.92 Å². The molecule has 0 heterocycles. The molecule has 0 aliphatic rings. The van der Waals surface area contributed by atoms with Crippen molar-refractivity contribution >= 4 is 12.6 Å². The molecule has 3 atom stereocenters. The van der Waals surface area contributed by atoms with Crippen molar-refractivity contribution in [3.63, 3.8) is 0 Å². The monoisotopic (exact) mass is 186 g/mol. The summed E-state index contributed by atoms with van der Waals surface area (Å²) in [5.41, 5.74) is 0. The lowest BCUT2D eigenvalue weighted by atomic mass is 9.88. The van der Waals surface area contributed by atoms with Gasteiger partial charge in [0.2, 0.25) is 0 Å². The van der Waals surface area contributed by atoms with Crippen molar-refractivity contribution in [2.45, 2.75) is 20.3 Å². The third-order valence-electron chi connectivity index (χ3n) is 2.19. The summed E-state index contributed by atoms with van der Waals surface area (Å²) in [6, 6.07) is 0. The van der Waals surface area contributed by atoms with Crippen LogP contribution in [0.25, 0.3) is 0 Å². The Bertz CT molecular complexity index is 156. The van der Waals surface area contributed by atoms with E-state index in [0.717, 1.165) is 19.0 Å². The van der Waals surface area contributed by atoms with Gasteiger partial charge in [-0.15, -0.1) is 0 Å². The maximum Gasteiger partial charge on any atom is 0.123 e. The number of rotatable bonds is 7. The van der Waals surface area contributed by atoms with Gasteiger partial charge in [-0.05, 0) is 12.3 Å². The molecule has 3 nitrogen and oxygen atoms in total. The van der Waals surface area contributed by atoms with Gasteiger partial charge < -0.3 is 14.3 Å². The third-order valence-corrected chi connectivity index (χ3v) is 2.19. The van der Waals surface area contributed by atoms with Crippen molar-refractivity contribution in [1.82, 2.24) is 0 Å². The molecule has 0 radical (unpaired) electrons. The Morgan fingerprint density at radius 1 is 1.23 bits per heavy atom. The molecule has 0 aromatic rings. The summed E-state index contributed by atoms with van der Waals surface area (Å²) >= 11 is 0. The van der Waals surface area contributed by atoms with Crippen LogP contribution in [-0.4, -0.2) is 26.3 Å². The van der Waals surface area contributed by atoms with Gasteiger partial charge in [0.05, 0.1) is 0 Å². The first kappa shape index (κ1) is 12.3. The normalized spacial score (nSPS) is 17.5. The van der Waals surface area contributed by atoms with Crippen LogP contribution < -0.4 is 0 Å². The summed E-state index contributed by atoms with van der Waals surface area (Å²) in [6.07, 6.45) is 2.42. The molecule has 0 aliphatic heterocycles. The summed E-state index contributed by atoms with van der Waals surface area (Å²) in [5.74, 6) is -0.0259. The summed E-state index contributed by atoms with van der Waals surface area (Å²) in [4.78, 5) is 21.1. The average molecular weight is 186 g/mol. The number of methoxy groups -OCH3 is 1. The summed E-state index contributed by atoms with van der Waals surface area (Å²) in [5, 5.41) is 0. The lowest BCUT2D eigenvalue weighted by molar-refractivity contribution is -0.119. The zero-order valence-corrected chi connectivity index (χ0v) is 8.53. The van der Waals surface area contributed by atoms with Crippen molar-refractivity contribution in [2.24, 2.45) is 17.8 Å². The molecule has 0 saturated heterocycles. The molecule has 0 amide bonds. The largest absolute Gasteiger partial charge is 0.384 e. The van der Waals surface area contributed by atoms with E-state index in [-0.39, 0.29) is 11.8 Å². The fourth-order valence-electron chi connectivity index (χ4n) is 1.31. The third kappa shape index (κ3) is 4.78. The van der Waals surface area contributed by atoms with Gasteiger partial charge >= 0.3 is 0 Å². The molecule has 0 aliphatic carbocycles. The van der Waals surface area contributed by atoms with Crippen LogP contribution in [0, 0.1) is 17.8 Å². The highest BCUT2D eigenvalue weighted by Crippen LogP contribution is 2.17. The Morgan fingerprint density at radius 2 is 1.85 bits per heavy atom. The van der Waals surface area contributed by atoms with Crippen LogP contribution in [0.1, 0.15) is 20.3 Å². The number of aldehydes is 2. The lowest BCUT2D eigenvalue weighted by Gasteiger charge is -2.17. The molecule has 0 N–H and O–H groups in total. The Labute approximate surface area is 79.5 Å². The average Bonchev–Trinajstić information content (AvgIpc) is 2.13. The number of hydrogen-bond donors (Lipinski definition) is 0. The van der Waals surface area contributed by atoms with Crippen LogP contribution in [0.4, 0.5) is 0 Å². The second-order valence-electron chi connectivity index (χ2n) is 3.59. The van der Waals surface area contributed by atoms with Crippen molar-refractivity contribution in [1.29, 1.82) is 0 Å². The quantitative estimate of drug-likeness (QED) is 0.563. The summed E-state index contributed by atoms with van der Waals surface area (Å²) in [7, 11) is 1.63. The highest BCUT2D eigenvalue weighted by Gasteiger charge is 2.18. The lowest BCUT2D eigenvalue weighted by Crippen LogP contribution is -2.19. The molecule has 0 aromatic carbocycles. The van der Waals surface area contributed by atoms with Gasteiger partial charge in [0.15, 0.2) is 0 Å². The summed E-state index contributed by atoms with van der Waals surface area (Å²) in [6.45, 7) is 4.42. The van der Waals surface area contributed by atoms with E-state index in [1.165, 1.54) is 0 Å². The standard InChI is InChI=1S/C10H18O3/c1-8(7-13-3)4-10(6-12)9(2)5-11/h5-6,8-10H,4,7H2,1-3H3. The van der Waals surface area contributed by atoms with E-state index in [4.69, 9.17) is 4.74 Å². The molecule has 0 spiro atoms. The van der Waals surface area contributed by atoms with Crippen LogP contribution >= 0.6 is 0 Å². The van der Waals surface area contributed by atoms with Crippen LogP contribution in [0.5, 0.6) is 0 Å². The fourth-order valence-corrected chi connectivity index (χ4v) is 1.31. The van der Waals surface area contributed by atoms with Gasteiger partial charge in [-0.2, -0.15) is 0 Å². The highest BCUT2D eigenvalue weighted by atomic mass is 16.5. The zero-order valence-electron chi connectivity index (χ0n) is 8.53. The summed E-state index contributed by atoms with van der Waals surface area (Å²) < 4.78 is 4.96. The van der Waals surface area contributed by atoms with Crippen LogP contribution in [0.2, 0.25) is 0 Å². The molecule has 0 saturated carbocycles. The molecule has 0 bridgehead atoms. The van der Waals surface area contributed by atoms with Gasteiger partial charge in [0, 0.05) is 25.6 Å². The van der Waals surface area contributed by atoms with E-state index < -0.39 is 0 Å². The number of ether oxygens (including phenoxy) is 1. The molecular formula is C10H18O3. The smallest absolute Gasteiger partial charge is 0.123 e. The molecule has 3 heteroatoms. The minimum Gasteiger partial charge on any atom is -0.384 e. The SMILES string of the molecule is COCC(C)CC(C=O)C(C)C=O. The number of hydrogen-bond acceptors (Lipinski definition) is 3. The number of carbonyl (C=O) groups is 2. The molecule has 76 valence electrons. The van der Waals surface area contributed by atoms with E-state index in [2.05, 4.69) is 0 Å². The van der Waals surface area contributed by atoms with Crippen molar-refractivity contribution in [3.05, 3.63) is 0 Å². The zero-order chi connectivity index (χ0) is 10.3. The Morgan fingerprint density at radius 3 is 2.23 bits per heavy atom. The number of carbonyl (C=O) groups excluding carboxylic acids is 2. The molecule has 0 fully saturated rings. The second-order valence-corrected chi connectivity index (χ2v) is 3.59. The van der Waals surface area contributed by atoms with Gasteiger partial charge in [0.1, 0.15) is 12.6 Å². The Balaban J connectivity index is 3.96. The van der Waals surface area contributed by atoms with Gasteiger partial charge in [-0.25, -0.2) is 0 Å². The first-order valence-corrected chi connectivity index (χ1v) is 4.55. The van der Waals surface area contributed by atoms with E-state index in [0.29, 0.717) is 12.5 Å². The van der Waals surface area contributed by atoms with Crippen molar-refractivity contribution < 1.29 is 14.3 Å². The van der Waals surface area contributed by atoms with Gasteiger partial charge in [0.25, 0.3) is 0 Å². The molecule has 0 rings (SSSR count). The predicted octanol–water partition coefficient (Wildman–Crippen LogP) is 1.31. The Hall–Kier alpha value is -0.700. The van der Waals surface area contributed by atoms with E-state index in [1.54, 1.807) is 14.0 Å². The van der Waals surface area contributed by atoms with Gasteiger partial charge in [-0.3, -0.25) is 0 Å². The fraction of sp³-hybridized carbons (Fsp3) is 0.800. The minimum absolute atomic E-state index is 0.164. The minimum atomic E-state index is -0.184. The maximum absolute atomic E-state index is 10.6. The van der Waals surface area contributed by atoms with Crippen molar-refractivity contribution in [2.75, 3.05) is 13.7 Å². The molecular weight excluding hydrogens is 168 g/mol. The Kier molecular flexibility index (Phi) is 6.41. The molecule has 13 heavy (non-hydrogen) atoms. The molecule has 0 aromatic heterocycles. The van der Waals surface area contributed by atoms with E-state index >= 15 is 0 Å². The predicted molar refractivity (Wildman–Crippen MR) is 50.4 cm³/mol. The first-order valence-electron chi connectivity index (χ1n) is 4.55. The second kappa shape index (κ2) is 6.78. The van der Waals surface area contributed by atoms with Crippen molar-refractivity contribution in [3.8, 4) is 0 Å². The van der Waals surface area contributed by atoms with Crippen LogP contribution in [-0.2, 0) is 14.3 Å². The van der Waals surface area contributed by atoms with Crippen LogP contribution in [0.3, 0.4) is 0 Å².